The van der Waals surface area contributed by atoms with E-state index < -0.39 is 11.2 Å². The number of nitrogens with zero attached hydrogens (tertiary/aromatic N) is 2. The summed E-state index contributed by atoms with van der Waals surface area (Å²) < 4.78 is 0.933. The number of piperazine rings is 1. The molecule has 1 aliphatic heterocycles. The summed E-state index contributed by atoms with van der Waals surface area (Å²) in [5, 5.41) is 6.43. The van der Waals surface area contributed by atoms with Gasteiger partial charge in [-0.3, -0.25) is 19.1 Å². The molecule has 0 atom stereocenters. The fraction of sp³-hybridized carbons (Fsp3) is 0.438. The lowest BCUT2D eigenvalue weighted by molar-refractivity contribution is -0.121. The highest BCUT2D eigenvalue weighted by atomic mass is 35.5. The average Bonchev–Trinajstić information content (AvgIpc) is 2.59. The van der Waals surface area contributed by atoms with Gasteiger partial charge in [-0.15, -0.1) is 12.4 Å². The Morgan fingerprint density at radius 1 is 1.16 bits per heavy atom. The van der Waals surface area contributed by atoms with Gasteiger partial charge in [0.05, 0.1) is 10.9 Å². The smallest absolute Gasteiger partial charge is 0.329 e. The second-order valence-electron chi connectivity index (χ2n) is 5.81. The summed E-state index contributed by atoms with van der Waals surface area (Å²) in [7, 11) is 0. The zero-order chi connectivity index (χ0) is 16.9. The number of carbonyl (C=O) groups is 1. The Morgan fingerprint density at radius 3 is 2.64 bits per heavy atom. The first-order valence-electron chi connectivity index (χ1n) is 8.07. The van der Waals surface area contributed by atoms with Crippen LogP contribution in [0.3, 0.4) is 0 Å². The molecular formula is C16H22ClN5O3. The molecular weight excluding hydrogens is 346 g/mol. The van der Waals surface area contributed by atoms with E-state index in [-0.39, 0.29) is 24.9 Å². The van der Waals surface area contributed by atoms with Crippen molar-refractivity contribution in [2.75, 3.05) is 39.3 Å². The van der Waals surface area contributed by atoms with E-state index in [0.717, 1.165) is 37.3 Å². The van der Waals surface area contributed by atoms with E-state index in [1.54, 1.807) is 24.3 Å². The van der Waals surface area contributed by atoms with E-state index in [1.165, 1.54) is 0 Å². The van der Waals surface area contributed by atoms with Crippen molar-refractivity contribution in [3.63, 3.8) is 0 Å². The van der Waals surface area contributed by atoms with Gasteiger partial charge in [-0.25, -0.2) is 4.79 Å². The number of fused-ring (bicyclic) bond motifs is 1. The molecule has 0 saturated carbocycles. The maximum absolute atomic E-state index is 12.4. The summed E-state index contributed by atoms with van der Waals surface area (Å²) in [6.07, 6.45) is 0. The fourth-order valence-electron chi connectivity index (χ4n) is 2.83. The quantitative estimate of drug-likeness (QED) is 0.638. The number of rotatable bonds is 5. The molecule has 0 radical (unpaired) electrons. The van der Waals surface area contributed by atoms with Crippen LogP contribution in [0.2, 0.25) is 0 Å². The third-order valence-corrected chi connectivity index (χ3v) is 4.15. The number of aromatic nitrogens is 2. The molecule has 8 nitrogen and oxygen atoms in total. The molecule has 3 N–H and O–H groups in total. The Hall–Kier alpha value is -2.16. The van der Waals surface area contributed by atoms with Gasteiger partial charge in [0.1, 0.15) is 6.54 Å². The maximum Gasteiger partial charge on any atom is 0.329 e. The molecule has 1 amide bonds. The molecule has 2 aromatic rings. The maximum atomic E-state index is 12.4. The van der Waals surface area contributed by atoms with Crippen LogP contribution in [-0.2, 0) is 11.3 Å². The molecule has 1 fully saturated rings. The number of benzene rings is 1. The van der Waals surface area contributed by atoms with Crippen molar-refractivity contribution in [3.05, 3.63) is 45.1 Å². The van der Waals surface area contributed by atoms with Crippen LogP contribution in [0.25, 0.3) is 10.9 Å². The minimum absolute atomic E-state index is 0. The van der Waals surface area contributed by atoms with Crippen molar-refractivity contribution >= 4 is 29.2 Å². The number of aromatic amines is 1. The summed E-state index contributed by atoms with van der Waals surface area (Å²) in [6, 6.07) is 6.76. The third kappa shape index (κ3) is 4.68. The largest absolute Gasteiger partial charge is 0.353 e. The summed E-state index contributed by atoms with van der Waals surface area (Å²) in [5.41, 5.74) is -0.551. The van der Waals surface area contributed by atoms with Gasteiger partial charge in [0.2, 0.25) is 5.91 Å². The molecule has 2 heterocycles. The Bertz CT molecular complexity index is 842. The van der Waals surface area contributed by atoms with Crippen LogP contribution in [-0.4, -0.2) is 59.6 Å². The normalized spacial score (nSPS) is 14.9. The lowest BCUT2D eigenvalue weighted by Crippen LogP contribution is -2.47. The summed E-state index contributed by atoms with van der Waals surface area (Å²) in [5.74, 6) is -0.340. The van der Waals surface area contributed by atoms with Crippen LogP contribution in [0.15, 0.2) is 33.9 Å². The van der Waals surface area contributed by atoms with Gasteiger partial charge in [0.15, 0.2) is 0 Å². The zero-order valence-corrected chi connectivity index (χ0v) is 14.6. The molecule has 25 heavy (non-hydrogen) atoms. The van der Waals surface area contributed by atoms with Gasteiger partial charge in [-0.1, -0.05) is 12.1 Å². The molecule has 9 heteroatoms. The predicted octanol–water partition coefficient (Wildman–Crippen LogP) is -0.867. The minimum Gasteiger partial charge on any atom is -0.353 e. The molecule has 1 aromatic carbocycles. The van der Waals surface area contributed by atoms with E-state index in [9.17, 15) is 14.4 Å². The van der Waals surface area contributed by atoms with E-state index in [2.05, 4.69) is 20.5 Å². The first kappa shape index (κ1) is 19.2. The molecule has 0 bridgehead atoms. The van der Waals surface area contributed by atoms with Gasteiger partial charge in [-0.2, -0.15) is 0 Å². The molecule has 0 spiro atoms. The van der Waals surface area contributed by atoms with Crippen LogP contribution in [0, 0.1) is 0 Å². The first-order valence-corrected chi connectivity index (χ1v) is 8.07. The Morgan fingerprint density at radius 2 is 1.88 bits per heavy atom. The average molecular weight is 368 g/mol. The second-order valence-corrected chi connectivity index (χ2v) is 5.81. The van der Waals surface area contributed by atoms with Gasteiger partial charge in [0, 0.05) is 39.3 Å². The number of hydrogen-bond donors (Lipinski definition) is 3. The van der Waals surface area contributed by atoms with Crippen LogP contribution in [0.4, 0.5) is 0 Å². The monoisotopic (exact) mass is 367 g/mol. The van der Waals surface area contributed by atoms with Crippen molar-refractivity contribution in [2.24, 2.45) is 0 Å². The number of halogens is 1. The van der Waals surface area contributed by atoms with Gasteiger partial charge in [0.25, 0.3) is 5.56 Å². The number of nitrogens with one attached hydrogen (secondary N) is 3. The number of amides is 1. The zero-order valence-electron chi connectivity index (χ0n) is 13.8. The van der Waals surface area contributed by atoms with Crippen molar-refractivity contribution < 1.29 is 4.79 Å². The molecule has 1 aromatic heterocycles. The Balaban J connectivity index is 0.00000225. The highest BCUT2D eigenvalue weighted by Crippen LogP contribution is 2.02. The molecule has 0 aliphatic carbocycles. The van der Waals surface area contributed by atoms with Crippen molar-refractivity contribution in [3.8, 4) is 0 Å². The molecule has 1 aliphatic rings. The van der Waals surface area contributed by atoms with Gasteiger partial charge >= 0.3 is 5.69 Å². The first-order chi connectivity index (χ1) is 11.6. The fourth-order valence-corrected chi connectivity index (χ4v) is 2.83. The van der Waals surface area contributed by atoms with E-state index in [1.807, 2.05) is 0 Å². The lowest BCUT2D eigenvalue weighted by Gasteiger charge is -2.27. The van der Waals surface area contributed by atoms with Gasteiger partial charge in [-0.05, 0) is 12.1 Å². The minimum atomic E-state index is -0.573. The van der Waals surface area contributed by atoms with Crippen LogP contribution in [0.5, 0.6) is 0 Å². The van der Waals surface area contributed by atoms with Crippen molar-refractivity contribution in [1.29, 1.82) is 0 Å². The van der Waals surface area contributed by atoms with Crippen LogP contribution < -0.4 is 21.9 Å². The number of H-pyrrole nitrogens is 1. The molecule has 3 rings (SSSR count). The lowest BCUT2D eigenvalue weighted by atomic mass is 10.2. The number of para-hydroxylation sites is 1. The SMILES string of the molecule is Cl.O=C(Cn1c(=O)[nH]c2ccccc2c1=O)NCCN1CCNCC1. The molecule has 136 valence electrons. The van der Waals surface area contributed by atoms with Crippen LogP contribution >= 0.6 is 12.4 Å². The Labute approximate surface area is 150 Å². The van der Waals surface area contributed by atoms with Crippen molar-refractivity contribution in [1.82, 2.24) is 25.1 Å². The third-order valence-electron chi connectivity index (χ3n) is 4.15. The standard InChI is InChI=1S/C16H21N5O3.ClH/c22-14(18-7-10-20-8-5-17-6-9-20)11-21-15(23)12-3-1-2-4-13(12)19-16(21)24;/h1-4,17H,5-11H2,(H,18,22)(H,19,24);1H. The summed E-state index contributed by atoms with van der Waals surface area (Å²) in [6.45, 7) is 4.81. The highest BCUT2D eigenvalue weighted by molar-refractivity contribution is 5.85. The number of carbonyl (C=O) groups excluding carboxylic acids is 1. The van der Waals surface area contributed by atoms with Crippen LogP contribution in [0.1, 0.15) is 0 Å². The van der Waals surface area contributed by atoms with Gasteiger partial charge < -0.3 is 15.6 Å². The molecule has 1 saturated heterocycles. The topological polar surface area (TPSA) is 99.2 Å². The number of hydrogen-bond acceptors (Lipinski definition) is 5. The molecule has 0 unspecified atom stereocenters. The predicted molar refractivity (Wildman–Crippen MR) is 98.4 cm³/mol. The van der Waals surface area contributed by atoms with Crippen molar-refractivity contribution in [2.45, 2.75) is 6.54 Å². The highest BCUT2D eigenvalue weighted by Gasteiger charge is 2.12. The van der Waals surface area contributed by atoms with E-state index in [0.29, 0.717) is 17.4 Å². The summed E-state index contributed by atoms with van der Waals surface area (Å²) >= 11 is 0. The summed E-state index contributed by atoms with van der Waals surface area (Å²) in [4.78, 5) is 41.3. The Kier molecular flexibility index (Phi) is 6.74. The van der Waals surface area contributed by atoms with E-state index >= 15 is 0 Å². The second kappa shape index (κ2) is 8.80. The van der Waals surface area contributed by atoms with E-state index in [4.69, 9.17) is 0 Å².